The number of hydrogen-bond acceptors (Lipinski definition) is 3. The lowest BCUT2D eigenvalue weighted by molar-refractivity contribution is 0.700. The van der Waals surface area contributed by atoms with E-state index in [-0.39, 0.29) is 4.75 Å². The molecule has 0 amide bonds. The molecule has 0 bridgehead atoms. The Labute approximate surface area is 99.8 Å². The Morgan fingerprint density at radius 3 is 2.67 bits per heavy atom. The number of nitrogens with zero attached hydrogens (tertiary/aromatic N) is 2. The molecule has 0 radical (unpaired) electrons. The van der Waals surface area contributed by atoms with Crippen molar-refractivity contribution in [3.8, 4) is 0 Å². The molecule has 0 saturated heterocycles. The van der Waals surface area contributed by atoms with Crippen LogP contribution in [0.3, 0.4) is 0 Å². The van der Waals surface area contributed by atoms with Crippen LogP contribution in [0.5, 0.6) is 0 Å². The number of aromatic nitrogens is 2. The molecule has 2 rings (SSSR count). The zero-order valence-corrected chi connectivity index (χ0v) is 10.9. The van der Waals surface area contributed by atoms with Gasteiger partial charge in [-0.2, -0.15) is 11.8 Å². The predicted octanol–water partition coefficient (Wildman–Crippen LogP) is 3.22. The summed E-state index contributed by atoms with van der Waals surface area (Å²) in [5.74, 6) is 0.862. The van der Waals surface area contributed by atoms with Crippen molar-refractivity contribution in [2.45, 2.75) is 37.9 Å². The van der Waals surface area contributed by atoms with Crippen LogP contribution in [0.1, 0.15) is 37.4 Å². The fourth-order valence-electron chi connectivity index (χ4n) is 1.75. The van der Waals surface area contributed by atoms with Crippen LogP contribution in [0.4, 0.5) is 0 Å². The third-order valence-corrected chi connectivity index (χ3v) is 4.45. The van der Waals surface area contributed by atoms with Crippen molar-refractivity contribution < 1.29 is 0 Å². The van der Waals surface area contributed by atoms with Gasteiger partial charge in [0.25, 0.3) is 0 Å². The van der Waals surface area contributed by atoms with Crippen LogP contribution < -0.4 is 0 Å². The first kappa shape index (κ1) is 11.2. The highest BCUT2D eigenvalue weighted by atomic mass is 35.5. The molecule has 82 valence electrons. The molecule has 0 N–H and O–H groups in total. The second-order valence-electron chi connectivity index (χ2n) is 4.33. The lowest BCUT2D eigenvalue weighted by Gasteiger charge is -2.21. The molecular formula is C11H15ClN2S. The molecule has 2 nitrogen and oxygen atoms in total. The van der Waals surface area contributed by atoms with Crippen molar-refractivity contribution in [2.75, 3.05) is 6.26 Å². The van der Waals surface area contributed by atoms with E-state index in [0.717, 1.165) is 36.3 Å². The zero-order valence-electron chi connectivity index (χ0n) is 9.30. The van der Waals surface area contributed by atoms with Crippen molar-refractivity contribution in [2.24, 2.45) is 0 Å². The zero-order chi connectivity index (χ0) is 11.1. The summed E-state index contributed by atoms with van der Waals surface area (Å²) >= 11 is 7.93. The van der Waals surface area contributed by atoms with Gasteiger partial charge in [-0.3, -0.25) is 0 Å². The fourth-order valence-corrected chi connectivity index (χ4v) is 2.30. The monoisotopic (exact) mass is 242 g/mol. The summed E-state index contributed by atoms with van der Waals surface area (Å²) in [5, 5.41) is 0.662. The van der Waals surface area contributed by atoms with E-state index in [0.29, 0.717) is 5.15 Å². The van der Waals surface area contributed by atoms with Crippen LogP contribution in [-0.4, -0.2) is 16.2 Å². The highest BCUT2D eigenvalue weighted by molar-refractivity contribution is 7.99. The second kappa shape index (κ2) is 3.95. The highest BCUT2D eigenvalue weighted by Gasteiger charge is 2.26. The maximum Gasteiger partial charge on any atom is 0.145 e. The van der Waals surface area contributed by atoms with E-state index in [4.69, 9.17) is 11.6 Å². The summed E-state index contributed by atoms with van der Waals surface area (Å²) in [6, 6.07) is 0. The molecule has 0 aromatic carbocycles. The molecule has 15 heavy (non-hydrogen) atoms. The summed E-state index contributed by atoms with van der Waals surface area (Å²) in [7, 11) is 0. The van der Waals surface area contributed by atoms with Crippen LogP contribution in [0, 0.1) is 0 Å². The van der Waals surface area contributed by atoms with Crippen molar-refractivity contribution in [3.05, 3.63) is 22.2 Å². The third kappa shape index (κ3) is 2.00. The molecule has 4 heteroatoms. The largest absolute Gasteiger partial charge is 0.236 e. The first-order valence-electron chi connectivity index (χ1n) is 5.15. The maximum atomic E-state index is 6.18. The van der Waals surface area contributed by atoms with Gasteiger partial charge in [0.1, 0.15) is 11.0 Å². The lowest BCUT2D eigenvalue weighted by atomic mass is 10.1. The molecule has 1 heterocycles. The Morgan fingerprint density at radius 2 is 2.00 bits per heavy atom. The quantitative estimate of drug-likeness (QED) is 0.745. The molecule has 0 aliphatic heterocycles. The SMILES string of the molecule is CSC(C)(C)c1nc(Cl)c2c(n1)CCC2. The highest BCUT2D eigenvalue weighted by Crippen LogP contribution is 2.34. The van der Waals surface area contributed by atoms with E-state index in [9.17, 15) is 0 Å². The van der Waals surface area contributed by atoms with Gasteiger partial charge < -0.3 is 0 Å². The summed E-state index contributed by atoms with van der Waals surface area (Å²) in [5.41, 5.74) is 2.32. The van der Waals surface area contributed by atoms with Gasteiger partial charge in [0.15, 0.2) is 0 Å². The molecule has 0 fully saturated rings. The first-order valence-corrected chi connectivity index (χ1v) is 6.76. The van der Waals surface area contributed by atoms with Gasteiger partial charge in [0, 0.05) is 11.3 Å². The Kier molecular flexibility index (Phi) is 2.95. The molecular weight excluding hydrogens is 228 g/mol. The normalized spacial score (nSPS) is 15.5. The fraction of sp³-hybridized carbons (Fsp3) is 0.636. The Bertz CT molecular complexity index is 390. The van der Waals surface area contributed by atoms with Crippen LogP contribution in [0.2, 0.25) is 5.15 Å². The third-order valence-electron chi connectivity index (χ3n) is 2.93. The number of rotatable bonds is 2. The first-order chi connectivity index (χ1) is 7.04. The van der Waals surface area contributed by atoms with E-state index in [1.54, 1.807) is 11.8 Å². The predicted molar refractivity (Wildman–Crippen MR) is 65.6 cm³/mol. The molecule has 0 spiro atoms. The standard InChI is InChI=1S/C11H15ClN2S/c1-11(2,15-3)10-13-8-6-4-5-7(8)9(12)14-10/h4-6H2,1-3H3. The lowest BCUT2D eigenvalue weighted by Crippen LogP contribution is -2.17. The van der Waals surface area contributed by atoms with Crippen molar-refractivity contribution in [3.63, 3.8) is 0 Å². The molecule has 0 atom stereocenters. The van der Waals surface area contributed by atoms with E-state index < -0.39 is 0 Å². The molecule has 0 unspecified atom stereocenters. The number of fused-ring (bicyclic) bond motifs is 1. The minimum absolute atomic E-state index is 0.0543. The van der Waals surface area contributed by atoms with Crippen molar-refractivity contribution in [1.82, 2.24) is 9.97 Å². The minimum atomic E-state index is -0.0543. The molecule has 1 aliphatic rings. The van der Waals surface area contributed by atoms with Gasteiger partial charge in [-0.15, -0.1) is 0 Å². The van der Waals surface area contributed by atoms with Crippen LogP contribution >= 0.6 is 23.4 Å². The van der Waals surface area contributed by atoms with Crippen LogP contribution in [0.25, 0.3) is 0 Å². The topological polar surface area (TPSA) is 25.8 Å². The van der Waals surface area contributed by atoms with Gasteiger partial charge in [0.05, 0.1) is 4.75 Å². The van der Waals surface area contributed by atoms with E-state index >= 15 is 0 Å². The van der Waals surface area contributed by atoms with Gasteiger partial charge >= 0.3 is 0 Å². The van der Waals surface area contributed by atoms with Gasteiger partial charge in [-0.05, 0) is 39.4 Å². The number of halogens is 1. The van der Waals surface area contributed by atoms with Crippen molar-refractivity contribution in [1.29, 1.82) is 0 Å². The number of hydrogen-bond donors (Lipinski definition) is 0. The Hall–Kier alpha value is -0.280. The number of aryl methyl sites for hydroxylation is 1. The average Bonchev–Trinajstić information content (AvgIpc) is 2.66. The molecule has 1 aromatic heterocycles. The molecule has 0 saturated carbocycles. The Balaban J connectivity index is 2.48. The van der Waals surface area contributed by atoms with E-state index in [1.807, 2.05) is 0 Å². The summed E-state index contributed by atoms with van der Waals surface area (Å²) in [6.45, 7) is 4.26. The smallest absolute Gasteiger partial charge is 0.145 e. The second-order valence-corrected chi connectivity index (χ2v) is 6.12. The van der Waals surface area contributed by atoms with E-state index in [1.165, 1.54) is 0 Å². The van der Waals surface area contributed by atoms with Crippen LogP contribution in [-0.2, 0) is 17.6 Å². The minimum Gasteiger partial charge on any atom is -0.236 e. The molecule has 1 aromatic rings. The number of thioether (sulfide) groups is 1. The maximum absolute atomic E-state index is 6.18. The van der Waals surface area contributed by atoms with Crippen LogP contribution in [0.15, 0.2) is 0 Å². The summed E-state index contributed by atoms with van der Waals surface area (Å²) in [4.78, 5) is 9.06. The average molecular weight is 243 g/mol. The van der Waals surface area contributed by atoms with E-state index in [2.05, 4.69) is 30.1 Å². The van der Waals surface area contributed by atoms with Crippen molar-refractivity contribution >= 4 is 23.4 Å². The molecule has 1 aliphatic carbocycles. The van der Waals surface area contributed by atoms with Gasteiger partial charge in [-0.1, -0.05) is 11.6 Å². The van der Waals surface area contributed by atoms with Gasteiger partial charge in [0.2, 0.25) is 0 Å². The summed E-state index contributed by atoms with van der Waals surface area (Å²) < 4.78 is -0.0543. The summed E-state index contributed by atoms with van der Waals surface area (Å²) in [6.07, 6.45) is 5.32. The Morgan fingerprint density at radius 1 is 1.27 bits per heavy atom. The van der Waals surface area contributed by atoms with Gasteiger partial charge in [-0.25, -0.2) is 9.97 Å².